The Balaban J connectivity index is 1.95. The molecule has 1 aromatic heterocycles. The molecule has 1 aliphatic rings. The van der Waals surface area contributed by atoms with Crippen LogP contribution in [0, 0.1) is 0 Å². The number of amides is 1. The molecule has 0 bridgehead atoms. The second kappa shape index (κ2) is 5.93. The molecule has 1 N–H and O–H groups in total. The molecule has 5 nitrogen and oxygen atoms in total. The summed E-state index contributed by atoms with van der Waals surface area (Å²) in [5, 5.41) is 2.99. The number of nitrogens with one attached hydrogen (secondary N) is 1. The van der Waals surface area contributed by atoms with Gasteiger partial charge in [0, 0.05) is 6.04 Å². The summed E-state index contributed by atoms with van der Waals surface area (Å²) in [7, 11) is 0. The molecule has 1 heterocycles. The van der Waals surface area contributed by atoms with Gasteiger partial charge in [0.15, 0.2) is 0 Å². The van der Waals surface area contributed by atoms with Crippen molar-refractivity contribution >= 4 is 28.5 Å². The molecule has 0 spiro atoms. The highest BCUT2D eigenvalue weighted by atomic mass is 35.5. The van der Waals surface area contributed by atoms with Crippen LogP contribution < -0.4 is 10.1 Å². The molecule has 112 valence electrons. The summed E-state index contributed by atoms with van der Waals surface area (Å²) >= 11 is 5.98. The number of para-hydroxylation sites is 1. The number of hydrogen-bond donors (Lipinski definition) is 1. The number of ether oxygens (including phenoxy) is 1. The highest BCUT2D eigenvalue weighted by Crippen LogP contribution is 2.27. The summed E-state index contributed by atoms with van der Waals surface area (Å²) in [6, 6.07) is 6.07. The van der Waals surface area contributed by atoms with Crippen molar-refractivity contribution in [2.24, 2.45) is 0 Å². The number of rotatable bonds is 6. The van der Waals surface area contributed by atoms with Crippen LogP contribution in [0.4, 0.5) is 0 Å². The van der Waals surface area contributed by atoms with Crippen molar-refractivity contribution < 1.29 is 9.53 Å². The van der Waals surface area contributed by atoms with Crippen LogP contribution in [0.25, 0.3) is 11.0 Å². The van der Waals surface area contributed by atoms with Crippen molar-refractivity contribution in [3.63, 3.8) is 0 Å². The number of hydrogen-bond acceptors (Lipinski definition) is 3. The lowest BCUT2D eigenvalue weighted by atomic mass is 10.3. The Morgan fingerprint density at radius 2 is 2.33 bits per heavy atom. The zero-order valence-electron chi connectivity index (χ0n) is 11.9. The molecule has 6 heteroatoms. The summed E-state index contributed by atoms with van der Waals surface area (Å²) in [6.07, 6.45) is 2.15. The predicted molar refractivity (Wildman–Crippen MR) is 81.6 cm³/mol. The van der Waals surface area contributed by atoms with Crippen LogP contribution >= 0.6 is 11.6 Å². The summed E-state index contributed by atoms with van der Waals surface area (Å²) in [4.78, 5) is 16.6. The Kier molecular flexibility index (Phi) is 4.01. The molecule has 0 unspecified atom stereocenters. The van der Waals surface area contributed by atoms with Gasteiger partial charge in [0.05, 0.1) is 18.0 Å². The summed E-state index contributed by atoms with van der Waals surface area (Å²) in [6.45, 7) is 2.75. The van der Waals surface area contributed by atoms with E-state index >= 15 is 0 Å². The lowest BCUT2D eigenvalue weighted by molar-refractivity contribution is -0.121. The second-order valence-corrected chi connectivity index (χ2v) is 5.41. The SMILES string of the molecule is CCOc1cccc2c1nc(CCl)n2CC(=O)NC1CC1. The van der Waals surface area contributed by atoms with Crippen LogP contribution in [0.15, 0.2) is 18.2 Å². The number of imidazole rings is 1. The van der Waals surface area contributed by atoms with Crippen LogP contribution in [0.1, 0.15) is 25.6 Å². The molecule has 0 aliphatic heterocycles. The first-order chi connectivity index (χ1) is 10.2. The monoisotopic (exact) mass is 307 g/mol. The van der Waals surface area contributed by atoms with Gasteiger partial charge in [-0.15, -0.1) is 11.6 Å². The maximum Gasteiger partial charge on any atom is 0.240 e. The van der Waals surface area contributed by atoms with Crippen molar-refractivity contribution in [1.82, 2.24) is 14.9 Å². The molecule has 0 radical (unpaired) electrons. The van der Waals surface area contributed by atoms with Crippen molar-refractivity contribution in [3.05, 3.63) is 24.0 Å². The van der Waals surface area contributed by atoms with E-state index in [4.69, 9.17) is 16.3 Å². The van der Waals surface area contributed by atoms with Gasteiger partial charge in [0.1, 0.15) is 23.6 Å². The minimum atomic E-state index is 0.00461. The normalized spacial score (nSPS) is 14.4. The molecule has 1 fully saturated rings. The fourth-order valence-electron chi connectivity index (χ4n) is 2.36. The highest BCUT2D eigenvalue weighted by Gasteiger charge is 2.24. The van der Waals surface area contributed by atoms with E-state index in [-0.39, 0.29) is 18.3 Å². The fraction of sp³-hybridized carbons (Fsp3) is 0.467. The zero-order valence-corrected chi connectivity index (χ0v) is 12.7. The molecule has 0 atom stereocenters. The van der Waals surface area contributed by atoms with Gasteiger partial charge in [0.25, 0.3) is 0 Å². The van der Waals surface area contributed by atoms with E-state index in [1.165, 1.54) is 0 Å². The highest BCUT2D eigenvalue weighted by molar-refractivity contribution is 6.17. The van der Waals surface area contributed by atoms with Gasteiger partial charge in [0.2, 0.25) is 5.91 Å². The van der Waals surface area contributed by atoms with Gasteiger partial charge in [-0.1, -0.05) is 6.07 Å². The average molecular weight is 308 g/mol. The first-order valence-corrected chi connectivity index (χ1v) is 7.72. The quantitative estimate of drug-likeness (QED) is 0.834. The lowest BCUT2D eigenvalue weighted by Crippen LogP contribution is -2.29. The number of alkyl halides is 1. The van der Waals surface area contributed by atoms with Crippen molar-refractivity contribution in [2.45, 2.75) is 38.2 Å². The molecule has 1 aliphatic carbocycles. The maximum atomic E-state index is 12.0. The lowest BCUT2D eigenvalue weighted by Gasteiger charge is -2.08. The first kappa shape index (κ1) is 14.2. The van der Waals surface area contributed by atoms with Crippen LogP contribution in [-0.2, 0) is 17.2 Å². The molecule has 3 rings (SSSR count). The Morgan fingerprint density at radius 1 is 1.52 bits per heavy atom. The summed E-state index contributed by atoms with van der Waals surface area (Å²) in [5.74, 6) is 1.68. The molecular formula is C15H18ClN3O2. The number of carbonyl (C=O) groups is 1. The Hall–Kier alpha value is -1.75. The standard InChI is InChI=1S/C15H18ClN3O2/c1-2-21-12-5-3-4-11-15(12)18-13(8-16)19(11)9-14(20)17-10-6-7-10/h3-5,10H,2,6-9H2,1H3,(H,17,20). The Bertz CT molecular complexity index is 664. The van der Waals surface area contributed by atoms with Crippen LogP contribution in [-0.4, -0.2) is 28.1 Å². The summed E-state index contributed by atoms with van der Waals surface area (Å²) < 4.78 is 7.46. The minimum Gasteiger partial charge on any atom is -0.492 e. The van der Waals surface area contributed by atoms with Gasteiger partial charge < -0.3 is 14.6 Å². The smallest absolute Gasteiger partial charge is 0.240 e. The predicted octanol–water partition coefficient (Wildman–Crippen LogP) is 2.45. The van der Waals surface area contributed by atoms with E-state index in [0.717, 1.165) is 29.6 Å². The minimum absolute atomic E-state index is 0.00461. The largest absolute Gasteiger partial charge is 0.492 e. The van der Waals surface area contributed by atoms with Gasteiger partial charge in [-0.2, -0.15) is 0 Å². The van der Waals surface area contributed by atoms with E-state index in [2.05, 4.69) is 10.3 Å². The van der Waals surface area contributed by atoms with Crippen LogP contribution in [0.2, 0.25) is 0 Å². The van der Waals surface area contributed by atoms with Gasteiger partial charge in [-0.3, -0.25) is 4.79 Å². The van der Waals surface area contributed by atoms with Crippen molar-refractivity contribution in [2.75, 3.05) is 6.61 Å². The number of fused-ring (bicyclic) bond motifs is 1. The Morgan fingerprint density at radius 3 is 3.00 bits per heavy atom. The van der Waals surface area contributed by atoms with E-state index in [1.807, 2.05) is 29.7 Å². The van der Waals surface area contributed by atoms with Gasteiger partial charge >= 0.3 is 0 Å². The third kappa shape index (κ3) is 2.97. The fourth-order valence-corrected chi connectivity index (χ4v) is 2.57. The number of carbonyl (C=O) groups excluding carboxylic acids is 1. The summed E-state index contributed by atoms with van der Waals surface area (Å²) in [5.41, 5.74) is 1.64. The maximum absolute atomic E-state index is 12.0. The first-order valence-electron chi connectivity index (χ1n) is 7.19. The van der Waals surface area contributed by atoms with E-state index in [0.29, 0.717) is 18.5 Å². The van der Waals surface area contributed by atoms with E-state index < -0.39 is 0 Å². The van der Waals surface area contributed by atoms with Gasteiger partial charge in [-0.05, 0) is 31.9 Å². The van der Waals surface area contributed by atoms with E-state index in [9.17, 15) is 4.79 Å². The molecule has 1 saturated carbocycles. The second-order valence-electron chi connectivity index (χ2n) is 5.15. The molecular weight excluding hydrogens is 290 g/mol. The van der Waals surface area contributed by atoms with Crippen molar-refractivity contribution in [1.29, 1.82) is 0 Å². The van der Waals surface area contributed by atoms with E-state index in [1.54, 1.807) is 0 Å². The number of benzene rings is 1. The molecule has 1 aromatic carbocycles. The number of nitrogens with zero attached hydrogens (tertiary/aromatic N) is 2. The van der Waals surface area contributed by atoms with Crippen LogP contribution in [0.3, 0.4) is 0 Å². The number of aromatic nitrogens is 2. The molecule has 2 aromatic rings. The average Bonchev–Trinajstić information content (AvgIpc) is 3.21. The zero-order chi connectivity index (χ0) is 14.8. The molecule has 21 heavy (non-hydrogen) atoms. The van der Waals surface area contributed by atoms with Crippen molar-refractivity contribution in [3.8, 4) is 5.75 Å². The van der Waals surface area contributed by atoms with Crippen LogP contribution in [0.5, 0.6) is 5.75 Å². The third-order valence-corrected chi connectivity index (χ3v) is 3.72. The molecule has 1 amide bonds. The Labute approximate surface area is 128 Å². The molecule has 0 saturated heterocycles. The third-order valence-electron chi connectivity index (χ3n) is 3.48. The number of halogens is 1. The topological polar surface area (TPSA) is 56.2 Å². The van der Waals surface area contributed by atoms with Gasteiger partial charge in [-0.25, -0.2) is 4.98 Å².